The minimum absolute atomic E-state index is 0.753. The summed E-state index contributed by atoms with van der Waals surface area (Å²) in [7, 11) is 15.8. The van der Waals surface area contributed by atoms with Crippen molar-refractivity contribution in [2.75, 3.05) is 37.1 Å². The average molecular weight is 806 g/mol. The Morgan fingerprint density at radius 3 is 1.61 bits per heavy atom. The summed E-state index contributed by atoms with van der Waals surface area (Å²) in [5.41, 5.74) is 13.9. The molecular formula is C44H45Cl2N2O2Ru-. The maximum Gasteiger partial charge on any atom is 0.0146 e. The van der Waals surface area contributed by atoms with Gasteiger partial charge in [-0.15, -0.1) is 0 Å². The van der Waals surface area contributed by atoms with E-state index < -0.39 is 13.5 Å². The minimum Gasteiger partial charge on any atom is -0.502 e. The Kier molecular flexibility index (Phi) is 11.4. The molecule has 1 saturated heterocycles. The molecular weight excluding hydrogens is 760 g/mol. The number of hydrogen-bond acceptors (Lipinski definition) is 4. The van der Waals surface area contributed by atoms with Gasteiger partial charge in [-0.1, -0.05) is 35.4 Å². The molecule has 0 aromatic heterocycles. The Balaban J connectivity index is 0.000000179. The summed E-state index contributed by atoms with van der Waals surface area (Å²) < 4.78 is 13.4. The van der Waals surface area contributed by atoms with E-state index in [4.69, 9.17) is 28.9 Å². The van der Waals surface area contributed by atoms with E-state index in [0.29, 0.717) is 0 Å². The van der Waals surface area contributed by atoms with Gasteiger partial charge >= 0.3 is 178 Å². The Labute approximate surface area is 316 Å². The number of hydrogen-bond donors (Lipinski definition) is 0. The molecule has 0 spiro atoms. The van der Waals surface area contributed by atoms with E-state index in [1.165, 1.54) is 44.8 Å². The van der Waals surface area contributed by atoms with E-state index in [-0.39, 0.29) is 0 Å². The van der Waals surface area contributed by atoms with Crippen LogP contribution in [0.25, 0.3) is 32.7 Å². The Morgan fingerprint density at radius 2 is 1.10 bits per heavy atom. The normalized spacial score (nSPS) is 12.9. The van der Waals surface area contributed by atoms with Crippen molar-refractivity contribution in [2.45, 2.75) is 41.5 Å². The van der Waals surface area contributed by atoms with Gasteiger partial charge in [-0.3, -0.25) is 0 Å². The maximum atomic E-state index is 6.20. The fourth-order valence-corrected chi connectivity index (χ4v) is 9.53. The molecule has 7 heteroatoms. The predicted octanol–water partition coefficient (Wildman–Crippen LogP) is 11.7. The fraction of sp³-hybridized carbons (Fsp3) is 0.227. The molecule has 4 nitrogen and oxygen atoms in total. The van der Waals surface area contributed by atoms with Gasteiger partial charge < -0.3 is 9.80 Å². The molecule has 0 unspecified atom stereocenters. The summed E-state index contributed by atoms with van der Waals surface area (Å²) in [4.78, 5) is 4.81. The Morgan fingerprint density at radius 1 is 0.608 bits per heavy atom. The van der Waals surface area contributed by atoms with E-state index >= 15 is 0 Å². The second-order valence-corrected chi connectivity index (χ2v) is 19.0. The van der Waals surface area contributed by atoms with E-state index in [0.717, 1.165) is 62.8 Å². The van der Waals surface area contributed by atoms with Crippen molar-refractivity contribution in [2.24, 2.45) is 0 Å². The minimum atomic E-state index is -2.02. The molecule has 6 aromatic rings. The van der Waals surface area contributed by atoms with Crippen LogP contribution < -0.4 is 19.3 Å². The van der Waals surface area contributed by atoms with Crippen LogP contribution >= 0.6 is 19.4 Å². The standard InChI is InChI=1S/C23H18O2.C21H27N2.2ClH.Ru/c1-15-17-9-6-7-11-19(17)20(14-22(15)25-3)23-18-10-5-4-8-16(18)12-13-21(23)24-2;1-14-9-16(3)20(17(4)10-14)22-7-8-23(13-22)21-18(5)11-15(2)12-19(21)6;;;/h1,4-14H,2-3H3;9-13H,7-8H2,1-6H3;2*1H;/q;-1;;;+2/p-2. The SMILES string of the molecule is COc1ccc2ccccc2c1-c1cc(OC)c([CH]=[Ru]([Cl])[Cl])c2ccccc12.Cc1cc(C)c(N2[CH-]N(c3c(C)cc(C)cc3C)CC2)c(C)c1. The molecule has 0 N–H and O–H groups in total. The third-order valence-corrected chi connectivity index (χ3v) is 11.3. The van der Waals surface area contributed by atoms with Gasteiger partial charge in [0.05, 0.1) is 0 Å². The van der Waals surface area contributed by atoms with E-state index in [1.807, 2.05) is 34.9 Å². The number of anilines is 2. The first-order valence-corrected chi connectivity index (χ1v) is 22.5. The molecule has 0 atom stereocenters. The molecule has 6 aromatic carbocycles. The van der Waals surface area contributed by atoms with Crippen LogP contribution in [0.5, 0.6) is 11.5 Å². The first kappa shape index (κ1) is 36.9. The number of ether oxygens (including phenoxy) is 2. The third kappa shape index (κ3) is 7.68. The van der Waals surface area contributed by atoms with Crippen molar-refractivity contribution in [1.29, 1.82) is 0 Å². The van der Waals surface area contributed by atoms with Gasteiger partial charge in [-0.05, 0) is 63.8 Å². The molecule has 1 aliphatic heterocycles. The molecule has 266 valence electrons. The molecule has 7 rings (SSSR count). The van der Waals surface area contributed by atoms with Gasteiger partial charge in [0.15, 0.2) is 0 Å². The van der Waals surface area contributed by atoms with Crippen molar-refractivity contribution >= 4 is 56.9 Å². The van der Waals surface area contributed by atoms with Gasteiger partial charge in [0.2, 0.25) is 0 Å². The Bertz CT molecular complexity index is 2170. The van der Waals surface area contributed by atoms with Gasteiger partial charge in [0, 0.05) is 24.5 Å². The van der Waals surface area contributed by atoms with Crippen LogP contribution in [-0.4, -0.2) is 31.9 Å². The summed E-state index contributed by atoms with van der Waals surface area (Å²) >= 11 is -2.02. The van der Waals surface area contributed by atoms with Crippen molar-refractivity contribution < 1.29 is 23.0 Å². The van der Waals surface area contributed by atoms with Crippen molar-refractivity contribution in [3.8, 4) is 22.6 Å². The largest absolute Gasteiger partial charge is 0.502 e. The molecule has 0 radical (unpaired) electrons. The average Bonchev–Trinajstić information content (AvgIpc) is 3.56. The van der Waals surface area contributed by atoms with Crippen LogP contribution in [0, 0.1) is 48.2 Å². The van der Waals surface area contributed by atoms with Crippen LogP contribution in [0.4, 0.5) is 11.4 Å². The number of benzene rings is 6. The zero-order valence-corrected chi connectivity index (χ0v) is 33.8. The summed E-state index contributed by atoms with van der Waals surface area (Å²) in [6, 6.07) is 31.8. The van der Waals surface area contributed by atoms with Crippen LogP contribution in [-0.2, 0) is 13.5 Å². The van der Waals surface area contributed by atoms with Crippen LogP contribution in [0.2, 0.25) is 0 Å². The number of methoxy groups -OCH3 is 2. The van der Waals surface area contributed by atoms with Crippen LogP contribution in [0.15, 0.2) is 91.0 Å². The molecule has 0 saturated carbocycles. The second-order valence-electron chi connectivity index (χ2n) is 13.3. The van der Waals surface area contributed by atoms with Crippen molar-refractivity contribution in [3.05, 3.63) is 137 Å². The van der Waals surface area contributed by atoms with Gasteiger partial charge in [0.25, 0.3) is 0 Å². The number of halogens is 2. The molecule has 1 aliphatic rings. The van der Waals surface area contributed by atoms with Crippen LogP contribution in [0.1, 0.15) is 38.9 Å². The third-order valence-electron chi connectivity index (χ3n) is 9.53. The summed E-state index contributed by atoms with van der Waals surface area (Å²) in [5, 5.41) is 4.46. The molecule has 0 amide bonds. The zero-order chi connectivity index (χ0) is 36.4. The molecule has 1 heterocycles. The maximum absolute atomic E-state index is 6.20. The molecule has 0 bridgehead atoms. The first-order chi connectivity index (χ1) is 24.5. The number of nitrogens with zero attached hydrogens (tertiary/aromatic N) is 2. The molecule has 0 aliphatic carbocycles. The van der Waals surface area contributed by atoms with Crippen molar-refractivity contribution in [1.82, 2.24) is 0 Å². The molecule has 1 fully saturated rings. The molecule has 51 heavy (non-hydrogen) atoms. The van der Waals surface area contributed by atoms with E-state index in [2.05, 4.69) is 119 Å². The summed E-state index contributed by atoms with van der Waals surface area (Å²) in [6.07, 6.45) is 0. The topological polar surface area (TPSA) is 24.9 Å². The fourth-order valence-electron chi connectivity index (χ4n) is 7.72. The quantitative estimate of drug-likeness (QED) is 0.124. The van der Waals surface area contributed by atoms with E-state index in [9.17, 15) is 0 Å². The zero-order valence-electron chi connectivity index (χ0n) is 30.5. The number of fused-ring (bicyclic) bond motifs is 2. The Hall–Kier alpha value is -3.89. The number of aryl methyl sites for hydroxylation is 6. The second kappa shape index (κ2) is 15.8. The monoisotopic (exact) mass is 805 g/mol. The predicted molar refractivity (Wildman–Crippen MR) is 217 cm³/mol. The van der Waals surface area contributed by atoms with Crippen molar-refractivity contribution in [3.63, 3.8) is 0 Å². The van der Waals surface area contributed by atoms with Gasteiger partial charge in [-0.25, -0.2) is 0 Å². The number of rotatable bonds is 6. The first-order valence-electron chi connectivity index (χ1n) is 17.0. The van der Waals surface area contributed by atoms with Crippen LogP contribution in [0.3, 0.4) is 0 Å². The van der Waals surface area contributed by atoms with E-state index in [1.54, 1.807) is 14.2 Å². The summed E-state index contributed by atoms with van der Waals surface area (Å²) in [6.45, 7) is 17.6. The van der Waals surface area contributed by atoms with Gasteiger partial charge in [-0.2, -0.15) is 6.67 Å². The summed E-state index contributed by atoms with van der Waals surface area (Å²) in [5.74, 6) is 1.58. The van der Waals surface area contributed by atoms with Gasteiger partial charge in [0.1, 0.15) is 0 Å². The smallest absolute Gasteiger partial charge is 0.0146 e.